The zero-order chi connectivity index (χ0) is 13.9. The third-order valence-corrected chi connectivity index (χ3v) is 3.96. The van der Waals surface area contributed by atoms with Crippen molar-refractivity contribution in [3.63, 3.8) is 0 Å². The predicted molar refractivity (Wildman–Crippen MR) is 79.2 cm³/mol. The van der Waals surface area contributed by atoms with Gasteiger partial charge in [0.2, 0.25) is 0 Å². The van der Waals surface area contributed by atoms with Crippen molar-refractivity contribution in [3.8, 4) is 0 Å². The minimum atomic E-state index is -0.0834. The molecule has 1 fully saturated rings. The molecule has 0 aromatic rings. The molecule has 0 amide bonds. The molecule has 1 N–H and O–H groups in total. The standard InChI is InChI=1S/C16H31NO2/c1-3-5-6-10-13-15(16(18)19-4-2)17-14-11-8-7-9-12-14/h14-15,17H,3-13H2,1-2H3. The van der Waals surface area contributed by atoms with E-state index < -0.39 is 0 Å². The van der Waals surface area contributed by atoms with Crippen LogP contribution in [0, 0.1) is 0 Å². The second-order valence-electron chi connectivity index (χ2n) is 5.66. The average molecular weight is 269 g/mol. The average Bonchev–Trinajstić information content (AvgIpc) is 2.43. The van der Waals surface area contributed by atoms with Crippen molar-refractivity contribution >= 4 is 5.97 Å². The number of ether oxygens (including phenoxy) is 1. The number of hydrogen-bond acceptors (Lipinski definition) is 3. The van der Waals surface area contributed by atoms with E-state index in [9.17, 15) is 4.79 Å². The normalized spacial score (nSPS) is 18.2. The van der Waals surface area contributed by atoms with Crippen LogP contribution in [-0.4, -0.2) is 24.7 Å². The largest absolute Gasteiger partial charge is 0.465 e. The van der Waals surface area contributed by atoms with Gasteiger partial charge in [-0.15, -0.1) is 0 Å². The smallest absolute Gasteiger partial charge is 0.323 e. The van der Waals surface area contributed by atoms with E-state index >= 15 is 0 Å². The van der Waals surface area contributed by atoms with Crippen LogP contribution in [0.15, 0.2) is 0 Å². The number of carbonyl (C=O) groups excluding carboxylic acids is 1. The fourth-order valence-corrected chi connectivity index (χ4v) is 2.84. The molecule has 19 heavy (non-hydrogen) atoms. The molecule has 0 spiro atoms. The molecule has 0 aromatic carbocycles. The molecular weight excluding hydrogens is 238 g/mol. The summed E-state index contributed by atoms with van der Waals surface area (Å²) in [6.45, 7) is 4.58. The van der Waals surface area contributed by atoms with Gasteiger partial charge in [-0.1, -0.05) is 51.9 Å². The first-order valence-electron chi connectivity index (χ1n) is 8.20. The quantitative estimate of drug-likeness (QED) is 0.511. The summed E-state index contributed by atoms with van der Waals surface area (Å²) in [7, 11) is 0. The molecule has 112 valence electrons. The summed E-state index contributed by atoms with van der Waals surface area (Å²) in [5.41, 5.74) is 0. The van der Waals surface area contributed by atoms with Crippen LogP contribution in [0.2, 0.25) is 0 Å². The highest BCUT2D eigenvalue weighted by Gasteiger charge is 2.23. The van der Waals surface area contributed by atoms with Crippen molar-refractivity contribution in [1.29, 1.82) is 0 Å². The van der Waals surface area contributed by atoms with Gasteiger partial charge in [0, 0.05) is 6.04 Å². The summed E-state index contributed by atoms with van der Waals surface area (Å²) in [6, 6.07) is 0.439. The Labute approximate surface area is 118 Å². The zero-order valence-corrected chi connectivity index (χ0v) is 12.7. The van der Waals surface area contributed by atoms with E-state index in [0.717, 1.165) is 12.8 Å². The molecule has 0 aliphatic heterocycles. The van der Waals surface area contributed by atoms with Crippen LogP contribution >= 0.6 is 0 Å². The number of nitrogens with one attached hydrogen (secondary N) is 1. The molecular formula is C16H31NO2. The molecule has 0 aromatic heterocycles. The van der Waals surface area contributed by atoms with Gasteiger partial charge in [-0.25, -0.2) is 0 Å². The van der Waals surface area contributed by atoms with Gasteiger partial charge in [-0.3, -0.25) is 4.79 Å². The molecule has 1 aliphatic carbocycles. The lowest BCUT2D eigenvalue weighted by Gasteiger charge is -2.27. The minimum absolute atomic E-state index is 0.0513. The Hall–Kier alpha value is -0.570. The summed E-state index contributed by atoms with van der Waals surface area (Å²) >= 11 is 0. The second-order valence-corrected chi connectivity index (χ2v) is 5.66. The van der Waals surface area contributed by atoms with E-state index in [-0.39, 0.29) is 12.0 Å². The van der Waals surface area contributed by atoms with Gasteiger partial charge < -0.3 is 10.1 Å². The monoisotopic (exact) mass is 269 g/mol. The Balaban J connectivity index is 2.36. The molecule has 1 rings (SSSR count). The first kappa shape index (κ1) is 16.5. The summed E-state index contributed by atoms with van der Waals surface area (Å²) in [6.07, 6.45) is 12.1. The molecule has 3 heteroatoms. The van der Waals surface area contributed by atoms with E-state index in [4.69, 9.17) is 4.74 Å². The lowest BCUT2D eigenvalue weighted by molar-refractivity contribution is -0.146. The highest BCUT2D eigenvalue weighted by Crippen LogP contribution is 2.19. The van der Waals surface area contributed by atoms with E-state index in [1.165, 1.54) is 51.4 Å². The van der Waals surface area contributed by atoms with Crippen molar-refractivity contribution < 1.29 is 9.53 Å². The highest BCUT2D eigenvalue weighted by molar-refractivity contribution is 5.75. The van der Waals surface area contributed by atoms with Crippen LogP contribution in [-0.2, 0) is 9.53 Å². The number of esters is 1. The van der Waals surface area contributed by atoms with Crippen LogP contribution < -0.4 is 5.32 Å². The molecule has 0 heterocycles. The third kappa shape index (κ3) is 6.95. The number of hydrogen-bond donors (Lipinski definition) is 1. The first-order valence-corrected chi connectivity index (χ1v) is 8.20. The first-order chi connectivity index (χ1) is 9.27. The van der Waals surface area contributed by atoms with Gasteiger partial charge in [0.1, 0.15) is 6.04 Å². The van der Waals surface area contributed by atoms with Gasteiger partial charge in [-0.05, 0) is 26.2 Å². The van der Waals surface area contributed by atoms with Crippen molar-refractivity contribution in [1.82, 2.24) is 5.32 Å². The second kappa shape index (κ2) is 10.2. The summed E-state index contributed by atoms with van der Waals surface area (Å²) in [5.74, 6) is -0.0513. The summed E-state index contributed by atoms with van der Waals surface area (Å²) in [4.78, 5) is 12.0. The zero-order valence-electron chi connectivity index (χ0n) is 12.7. The predicted octanol–water partition coefficient (Wildman–Crippen LogP) is 3.81. The number of unbranched alkanes of at least 4 members (excludes halogenated alkanes) is 3. The topological polar surface area (TPSA) is 38.3 Å². The van der Waals surface area contributed by atoms with Crippen molar-refractivity contribution in [3.05, 3.63) is 0 Å². The van der Waals surface area contributed by atoms with Gasteiger partial charge in [0.25, 0.3) is 0 Å². The van der Waals surface area contributed by atoms with Gasteiger partial charge >= 0.3 is 5.97 Å². The maximum atomic E-state index is 12.0. The van der Waals surface area contributed by atoms with Gasteiger partial charge in [0.05, 0.1) is 6.61 Å². The van der Waals surface area contributed by atoms with Crippen molar-refractivity contribution in [2.45, 2.75) is 90.1 Å². The van der Waals surface area contributed by atoms with E-state index in [1.807, 2.05) is 6.92 Å². The van der Waals surface area contributed by atoms with Gasteiger partial charge in [0.15, 0.2) is 0 Å². The van der Waals surface area contributed by atoms with Crippen LogP contribution in [0.25, 0.3) is 0 Å². The molecule has 1 unspecified atom stereocenters. The number of carbonyl (C=O) groups is 1. The Morgan fingerprint density at radius 3 is 2.53 bits per heavy atom. The van der Waals surface area contributed by atoms with Crippen LogP contribution in [0.1, 0.15) is 78.1 Å². The molecule has 1 saturated carbocycles. The fraction of sp³-hybridized carbons (Fsp3) is 0.938. The Morgan fingerprint density at radius 1 is 1.16 bits per heavy atom. The Bertz CT molecular complexity index is 237. The molecule has 0 bridgehead atoms. The lowest BCUT2D eigenvalue weighted by Crippen LogP contribution is -2.45. The molecule has 1 atom stereocenters. The maximum absolute atomic E-state index is 12.0. The lowest BCUT2D eigenvalue weighted by atomic mass is 9.94. The van der Waals surface area contributed by atoms with Crippen LogP contribution in [0.4, 0.5) is 0 Å². The third-order valence-electron chi connectivity index (χ3n) is 3.96. The fourth-order valence-electron chi connectivity index (χ4n) is 2.84. The number of rotatable bonds is 9. The molecule has 0 radical (unpaired) electrons. The minimum Gasteiger partial charge on any atom is -0.465 e. The molecule has 1 aliphatic rings. The molecule has 3 nitrogen and oxygen atoms in total. The molecule has 0 saturated heterocycles. The maximum Gasteiger partial charge on any atom is 0.323 e. The van der Waals surface area contributed by atoms with E-state index in [1.54, 1.807) is 0 Å². The highest BCUT2D eigenvalue weighted by atomic mass is 16.5. The van der Waals surface area contributed by atoms with E-state index in [2.05, 4.69) is 12.2 Å². The summed E-state index contributed by atoms with van der Waals surface area (Å²) in [5, 5.41) is 3.54. The summed E-state index contributed by atoms with van der Waals surface area (Å²) < 4.78 is 5.20. The Kier molecular flexibility index (Phi) is 8.89. The van der Waals surface area contributed by atoms with Crippen LogP contribution in [0.3, 0.4) is 0 Å². The van der Waals surface area contributed by atoms with E-state index in [0.29, 0.717) is 12.6 Å². The van der Waals surface area contributed by atoms with Crippen molar-refractivity contribution in [2.75, 3.05) is 6.61 Å². The van der Waals surface area contributed by atoms with Gasteiger partial charge in [-0.2, -0.15) is 0 Å². The van der Waals surface area contributed by atoms with Crippen LogP contribution in [0.5, 0.6) is 0 Å². The van der Waals surface area contributed by atoms with Crippen molar-refractivity contribution in [2.24, 2.45) is 0 Å². The SMILES string of the molecule is CCCCCCC(NC1CCCCC1)C(=O)OCC. The Morgan fingerprint density at radius 2 is 1.89 bits per heavy atom.